The van der Waals surface area contributed by atoms with Crippen LogP contribution < -0.4 is 0 Å². The molecule has 17 heavy (non-hydrogen) atoms. The monoisotopic (exact) mass is 224 g/mol. The highest BCUT2D eigenvalue weighted by Gasteiger charge is 2.08. The Hall–Kier alpha value is -1.83. The van der Waals surface area contributed by atoms with Gasteiger partial charge < -0.3 is 4.98 Å². The smallest absolute Gasteiger partial charge is 0.109 e. The number of nitrogens with one attached hydrogen (secondary N) is 1. The average Bonchev–Trinajstić information content (AvgIpc) is 2.73. The molecule has 1 aromatic heterocycles. The van der Waals surface area contributed by atoms with E-state index >= 15 is 0 Å². The molecule has 2 aromatic carbocycles. The number of rotatable bonds is 1. The number of imidazole rings is 1. The molecule has 0 aliphatic rings. The summed E-state index contributed by atoms with van der Waals surface area (Å²) >= 11 is 0. The first-order valence-corrected chi connectivity index (χ1v) is 6.04. The number of hydrogen-bond acceptors (Lipinski definition) is 1. The number of aromatic amines is 1. The zero-order valence-electron chi connectivity index (χ0n) is 10.4. The summed E-state index contributed by atoms with van der Waals surface area (Å²) in [5.74, 6) is 1.50. The molecule has 1 heterocycles. The summed E-state index contributed by atoms with van der Waals surface area (Å²) in [7, 11) is 0. The fraction of sp³-hybridized carbons (Fsp3) is 0.267. The zero-order chi connectivity index (χ0) is 12.0. The topological polar surface area (TPSA) is 28.7 Å². The van der Waals surface area contributed by atoms with Crippen LogP contribution in [0.1, 0.15) is 31.2 Å². The van der Waals surface area contributed by atoms with E-state index in [4.69, 9.17) is 0 Å². The van der Waals surface area contributed by atoms with Crippen molar-refractivity contribution in [1.29, 1.82) is 0 Å². The van der Waals surface area contributed by atoms with E-state index in [2.05, 4.69) is 61.1 Å². The molecule has 1 N–H and O–H groups in total. The second-order valence-corrected chi connectivity index (χ2v) is 4.96. The molecule has 3 aromatic rings. The van der Waals surface area contributed by atoms with E-state index in [1.165, 1.54) is 16.3 Å². The maximum absolute atomic E-state index is 4.64. The van der Waals surface area contributed by atoms with Crippen molar-refractivity contribution < 1.29 is 0 Å². The Morgan fingerprint density at radius 3 is 2.65 bits per heavy atom. The van der Waals surface area contributed by atoms with Crippen LogP contribution in [-0.2, 0) is 0 Å². The fourth-order valence-electron chi connectivity index (χ4n) is 2.21. The van der Waals surface area contributed by atoms with Gasteiger partial charge in [-0.05, 0) is 24.4 Å². The quantitative estimate of drug-likeness (QED) is 0.661. The van der Waals surface area contributed by atoms with Gasteiger partial charge in [0, 0.05) is 11.3 Å². The third-order valence-electron chi connectivity index (χ3n) is 3.20. The third-order valence-corrected chi connectivity index (χ3v) is 3.20. The Morgan fingerprint density at radius 2 is 1.88 bits per heavy atom. The predicted molar refractivity (Wildman–Crippen MR) is 72.4 cm³/mol. The first-order valence-electron chi connectivity index (χ1n) is 6.04. The first kappa shape index (κ1) is 10.3. The molecule has 3 rings (SSSR count). The van der Waals surface area contributed by atoms with Gasteiger partial charge in [0.1, 0.15) is 5.82 Å². The molecule has 0 fully saturated rings. The average molecular weight is 224 g/mol. The molecule has 0 aliphatic heterocycles. The van der Waals surface area contributed by atoms with Crippen LogP contribution in [0.25, 0.3) is 21.8 Å². The van der Waals surface area contributed by atoms with Crippen molar-refractivity contribution in [3.63, 3.8) is 0 Å². The van der Waals surface area contributed by atoms with Crippen LogP contribution in [0.2, 0.25) is 0 Å². The van der Waals surface area contributed by atoms with E-state index in [9.17, 15) is 0 Å². The normalized spacial score (nSPS) is 11.8. The van der Waals surface area contributed by atoms with Gasteiger partial charge in [0.05, 0.1) is 11.0 Å². The summed E-state index contributed by atoms with van der Waals surface area (Å²) < 4.78 is 0. The van der Waals surface area contributed by atoms with Crippen LogP contribution in [0.5, 0.6) is 0 Å². The van der Waals surface area contributed by atoms with Gasteiger partial charge in [-0.1, -0.05) is 37.6 Å². The van der Waals surface area contributed by atoms with Crippen molar-refractivity contribution >= 4 is 21.8 Å². The molecule has 2 nitrogen and oxygen atoms in total. The summed E-state index contributed by atoms with van der Waals surface area (Å²) in [6, 6.07) is 10.8. The minimum Gasteiger partial charge on any atom is -0.341 e. The van der Waals surface area contributed by atoms with Crippen LogP contribution in [0, 0.1) is 6.92 Å². The highest BCUT2D eigenvalue weighted by Crippen LogP contribution is 2.26. The fourth-order valence-corrected chi connectivity index (χ4v) is 2.21. The minimum absolute atomic E-state index is 0.433. The van der Waals surface area contributed by atoms with Crippen LogP contribution in [0.4, 0.5) is 0 Å². The molecular weight excluding hydrogens is 208 g/mol. The Morgan fingerprint density at radius 1 is 1.12 bits per heavy atom. The number of nitrogens with zero attached hydrogens (tertiary/aromatic N) is 1. The summed E-state index contributed by atoms with van der Waals surface area (Å²) in [5, 5.41) is 2.53. The Kier molecular flexibility index (Phi) is 2.18. The molecule has 0 bridgehead atoms. The maximum atomic E-state index is 4.64. The standard InChI is InChI=1S/C15H16N2/c1-9(2)15-16-13-7-6-11-5-4-10(3)8-12(11)14(13)17-15/h4-9H,1-3H3,(H,16,17). The molecule has 0 aliphatic carbocycles. The lowest BCUT2D eigenvalue weighted by atomic mass is 10.1. The number of H-pyrrole nitrogens is 1. The first-order chi connectivity index (χ1) is 8.15. The number of aromatic nitrogens is 2. The van der Waals surface area contributed by atoms with E-state index in [1.54, 1.807) is 0 Å². The Bertz CT molecular complexity index is 693. The highest BCUT2D eigenvalue weighted by atomic mass is 14.9. The van der Waals surface area contributed by atoms with Gasteiger partial charge in [-0.25, -0.2) is 4.98 Å². The van der Waals surface area contributed by atoms with Crippen LogP contribution >= 0.6 is 0 Å². The molecule has 0 saturated carbocycles. The summed E-state index contributed by atoms with van der Waals surface area (Å²) in [6.07, 6.45) is 0. The molecule has 0 atom stereocenters. The van der Waals surface area contributed by atoms with Crippen LogP contribution in [-0.4, -0.2) is 9.97 Å². The molecule has 0 saturated heterocycles. The van der Waals surface area contributed by atoms with Gasteiger partial charge in [0.15, 0.2) is 0 Å². The van der Waals surface area contributed by atoms with Crippen molar-refractivity contribution in [3.05, 3.63) is 41.7 Å². The molecule has 86 valence electrons. The van der Waals surface area contributed by atoms with E-state index in [-0.39, 0.29) is 0 Å². The number of fused-ring (bicyclic) bond motifs is 3. The van der Waals surface area contributed by atoms with Crippen molar-refractivity contribution in [3.8, 4) is 0 Å². The highest BCUT2D eigenvalue weighted by molar-refractivity contribution is 6.04. The lowest BCUT2D eigenvalue weighted by molar-refractivity contribution is 0.799. The molecule has 2 heteroatoms. The van der Waals surface area contributed by atoms with Crippen LogP contribution in [0.15, 0.2) is 30.3 Å². The van der Waals surface area contributed by atoms with E-state index in [0.717, 1.165) is 16.9 Å². The van der Waals surface area contributed by atoms with Gasteiger partial charge in [-0.3, -0.25) is 0 Å². The molecule has 0 unspecified atom stereocenters. The van der Waals surface area contributed by atoms with E-state index in [0.29, 0.717) is 5.92 Å². The lowest BCUT2D eigenvalue weighted by Crippen LogP contribution is -1.88. The lowest BCUT2D eigenvalue weighted by Gasteiger charge is -2.00. The van der Waals surface area contributed by atoms with E-state index in [1.807, 2.05) is 0 Å². The second kappa shape index (κ2) is 3.59. The molecular formula is C15H16N2. The minimum atomic E-state index is 0.433. The maximum Gasteiger partial charge on any atom is 0.109 e. The van der Waals surface area contributed by atoms with E-state index < -0.39 is 0 Å². The Labute approximate surface area is 101 Å². The zero-order valence-corrected chi connectivity index (χ0v) is 10.4. The van der Waals surface area contributed by atoms with Gasteiger partial charge in [0.25, 0.3) is 0 Å². The summed E-state index contributed by atoms with van der Waals surface area (Å²) in [4.78, 5) is 8.09. The number of aryl methyl sites for hydroxylation is 1. The van der Waals surface area contributed by atoms with Gasteiger partial charge in [-0.15, -0.1) is 0 Å². The van der Waals surface area contributed by atoms with Crippen molar-refractivity contribution in [1.82, 2.24) is 9.97 Å². The van der Waals surface area contributed by atoms with Crippen molar-refractivity contribution in [2.75, 3.05) is 0 Å². The number of hydrogen-bond donors (Lipinski definition) is 1. The SMILES string of the molecule is Cc1ccc2ccc3nc(C(C)C)[nH]c3c2c1. The summed E-state index contributed by atoms with van der Waals surface area (Å²) in [5.41, 5.74) is 3.51. The van der Waals surface area contributed by atoms with Crippen molar-refractivity contribution in [2.45, 2.75) is 26.7 Å². The third kappa shape index (κ3) is 1.60. The summed E-state index contributed by atoms with van der Waals surface area (Å²) in [6.45, 7) is 6.44. The van der Waals surface area contributed by atoms with Crippen LogP contribution in [0.3, 0.4) is 0 Å². The molecule has 0 spiro atoms. The van der Waals surface area contributed by atoms with Gasteiger partial charge in [0.2, 0.25) is 0 Å². The predicted octanol–water partition coefficient (Wildman–Crippen LogP) is 4.15. The van der Waals surface area contributed by atoms with Gasteiger partial charge >= 0.3 is 0 Å². The van der Waals surface area contributed by atoms with Gasteiger partial charge in [-0.2, -0.15) is 0 Å². The largest absolute Gasteiger partial charge is 0.341 e. The molecule has 0 radical (unpaired) electrons. The second-order valence-electron chi connectivity index (χ2n) is 4.96. The van der Waals surface area contributed by atoms with Crippen molar-refractivity contribution in [2.24, 2.45) is 0 Å². The Balaban J connectivity index is 2.41. The molecule has 0 amide bonds. The number of benzene rings is 2.